The third-order valence-corrected chi connectivity index (χ3v) is 4.31. The van der Waals surface area contributed by atoms with Crippen molar-refractivity contribution < 1.29 is 0 Å². The van der Waals surface area contributed by atoms with E-state index in [4.69, 9.17) is 5.73 Å². The molecular formula is C15H20N4. The third kappa shape index (κ3) is 2.15. The van der Waals surface area contributed by atoms with Crippen LogP contribution in [0.2, 0.25) is 0 Å². The number of hydrogen-bond donors (Lipinski definition) is 1. The van der Waals surface area contributed by atoms with Crippen molar-refractivity contribution in [3.05, 3.63) is 24.3 Å². The molecule has 1 aromatic rings. The summed E-state index contributed by atoms with van der Waals surface area (Å²) < 4.78 is 0. The van der Waals surface area contributed by atoms with E-state index in [2.05, 4.69) is 41.1 Å². The monoisotopic (exact) mass is 256 g/mol. The molecule has 2 aliphatic rings. The molecule has 1 atom stereocenters. The highest BCUT2D eigenvalue weighted by molar-refractivity contribution is 5.73. The molecule has 1 aliphatic heterocycles. The molecule has 1 unspecified atom stereocenters. The number of rotatable bonds is 3. The van der Waals surface area contributed by atoms with Crippen LogP contribution in [0.1, 0.15) is 12.8 Å². The summed E-state index contributed by atoms with van der Waals surface area (Å²) in [6, 6.07) is 10.7. The molecule has 1 heterocycles. The van der Waals surface area contributed by atoms with E-state index in [9.17, 15) is 5.26 Å². The van der Waals surface area contributed by atoms with Gasteiger partial charge < -0.3 is 15.5 Å². The molecule has 100 valence electrons. The molecule has 0 aromatic heterocycles. The molecular weight excluding hydrogens is 236 g/mol. The van der Waals surface area contributed by atoms with Gasteiger partial charge >= 0.3 is 0 Å². The Morgan fingerprint density at radius 3 is 2.63 bits per heavy atom. The number of anilines is 2. The van der Waals surface area contributed by atoms with E-state index in [-0.39, 0.29) is 0 Å². The first kappa shape index (κ1) is 12.3. The van der Waals surface area contributed by atoms with Crippen molar-refractivity contribution in [2.24, 2.45) is 11.7 Å². The Kier molecular flexibility index (Phi) is 2.87. The maximum absolute atomic E-state index is 9.41. The lowest BCUT2D eigenvalue weighted by atomic mass is 9.95. The van der Waals surface area contributed by atoms with Crippen molar-refractivity contribution in [3.63, 3.8) is 0 Å². The van der Waals surface area contributed by atoms with Crippen molar-refractivity contribution in [1.29, 1.82) is 5.26 Å². The Labute approximate surface area is 114 Å². The number of hydrogen-bond acceptors (Lipinski definition) is 4. The lowest BCUT2D eigenvalue weighted by molar-refractivity contribution is 0.464. The van der Waals surface area contributed by atoms with Gasteiger partial charge in [0.05, 0.1) is 17.4 Å². The van der Waals surface area contributed by atoms with E-state index in [1.54, 1.807) is 0 Å². The predicted octanol–water partition coefficient (Wildman–Crippen LogP) is 1.57. The van der Waals surface area contributed by atoms with Gasteiger partial charge in [-0.05, 0) is 30.9 Å². The molecule has 1 aromatic carbocycles. The Hall–Kier alpha value is -1.73. The number of fused-ring (bicyclic) bond motifs is 1. The molecule has 0 saturated heterocycles. The summed E-state index contributed by atoms with van der Waals surface area (Å²) >= 11 is 0. The zero-order chi connectivity index (χ0) is 13.5. The van der Waals surface area contributed by atoms with Crippen LogP contribution in [0.4, 0.5) is 11.4 Å². The average molecular weight is 256 g/mol. The van der Waals surface area contributed by atoms with E-state index in [0.717, 1.165) is 25.9 Å². The Morgan fingerprint density at radius 1 is 1.32 bits per heavy atom. The zero-order valence-electron chi connectivity index (χ0n) is 11.3. The van der Waals surface area contributed by atoms with Crippen LogP contribution in [0.15, 0.2) is 24.3 Å². The summed E-state index contributed by atoms with van der Waals surface area (Å²) in [6.07, 6.45) is 2.19. The first-order valence-corrected chi connectivity index (χ1v) is 6.89. The number of nitrogens with zero attached hydrogens (tertiary/aromatic N) is 3. The minimum Gasteiger partial charge on any atom is -0.371 e. The molecule has 0 amide bonds. The summed E-state index contributed by atoms with van der Waals surface area (Å²) in [6.45, 7) is 2.54. The highest BCUT2D eigenvalue weighted by Crippen LogP contribution is 2.40. The van der Waals surface area contributed by atoms with Gasteiger partial charge in [0.25, 0.3) is 0 Å². The van der Waals surface area contributed by atoms with Crippen LogP contribution in [-0.2, 0) is 0 Å². The SMILES string of the molecule is CN1CCN(CC(N)(C#N)C2CC2)c2ccccc21. The van der Waals surface area contributed by atoms with Gasteiger partial charge in [0, 0.05) is 26.7 Å². The van der Waals surface area contributed by atoms with Crippen molar-refractivity contribution in [3.8, 4) is 6.07 Å². The van der Waals surface area contributed by atoms with Crippen LogP contribution in [0.5, 0.6) is 0 Å². The third-order valence-electron chi connectivity index (χ3n) is 4.31. The molecule has 4 heteroatoms. The van der Waals surface area contributed by atoms with Crippen LogP contribution < -0.4 is 15.5 Å². The Morgan fingerprint density at radius 2 is 2.00 bits per heavy atom. The second-order valence-corrected chi connectivity index (χ2v) is 5.76. The normalized spacial score (nSPS) is 21.5. The fraction of sp³-hybridized carbons (Fsp3) is 0.533. The molecule has 0 spiro atoms. The lowest BCUT2D eigenvalue weighted by Gasteiger charge is -2.40. The second-order valence-electron chi connectivity index (χ2n) is 5.76. The van der Waals surface area contributed by atoms with Gasteiger partial charge in [-0.3, -0.25) is 0 Å². The number of benzene rings is 1. The summed E-state index contributed by atoms with van der Waals surface area (Å²) in [5.41, 5.74) is 8.04. The van der Waals surface area contributed by atoms with Crippen LogP contribution >= 0.6 is 0 Å². The Bertz CT molecular complexity index is 517. The highest BCUT2D eigenvalue weighted by atomic mass is 15.3. The molecule has 1 aliphatic carbocycles. The van der Waals surface area contributed by atoms with Crippen LogP contribution in [0, 0.1) is 17.2 Å². The van der Waals surface area contributed by atoms with E-state index >= 15 is 0 Å². The van der Waals surface area contributed by atoms with Crippen molar-refractivity contribution in [2.75, 3.05) is 36.5 Å². The average Bonchev–Trinajstić information content (AvgIpc) is 3.27. The van der Waals surface area contributed by atoms with Crippen LogP contribution in [-0.4, -0.2) is 32.2 Å². The standard InChI is InChI=1S/C15H20N4/c1-18-8-9-19(14-5-3-2-4-13(14)18)11-15(17,10-16)12-6-7-12/h2-5,12H,6-9,11,17H2,1H3. The summed E-state index contributed by atoms with van der Waals surface area (Å²) in [5.74, 6) is 0.379. The van der Waals surface area contributed by atoms with Crippen LogP contribution in [0.25, 0.3) is 0 Å². The number of nitrogens with two attached hydrogens (primary N) is 1. The van der Waals surface area contributed by atoms with Gasteiger partial charge in [-0.25, -0.2) is 0 Å². The molecule has 2 N–H and O–H groups in total. The number of likely N-dealkylation sites (N-methyl/N-ethyl adjacent to an activating group) is 1. The first-order valence-electron chi connectivity index (χ1n) is 6.89. The molecule has 0 bridgehead atoms. The van der Waals surface area contributed by atoms with Gasteiger partial charge in [0.15, 0.2) is 0 Å². The topological polar surface area (TPSA) is 56.3 Å². The van der Waals surface area contributed by atoms with Gasteiger partial charge in [0.2, 0.25) is 0 Å². The number of para-hydroxylation sites is 2. The van der Waals surface area contributed by atoms with Gasteiger partial charge in [0.1, 0.15) is 5.54 Å². The van der Waals surface area contributed by atoms with E-state index in [1.165, 1.54) is 11.4 Å². The molecule has 0 radical (unpaired) electrons. The predicted molar refractivity (Wildman–Crippen MR) is 77.2 cm³/mol. The minimum absolute atomic E-state index is 0.379. The van der Waals surface area contributed by atoms with Gasteiger partial charge in [-0.15, -0.1) is 0 Å². The van der Waals surface area contributed by atoms with Crippen molar-refractivity contribution >= 4 is 11.4 Å². The summed E-state index contributed by atoms with van der Waals surface area (Å²) in [7, 11) is 2.11. The van der Waals surface area contributed by atoms with Crippen molar-refractivity contribution in [1.82, 2.24) is 0 Å². The fourth-order valence-corrected chi connectivity index (χ4v) is 2.90. The highest BCUT2D eigenvalue weighted by Gasteiger charge is 2.44. The maximum atomic E-state index is 9.41. The molecule has 4 nitrogen and oxygen atoms in total. The quantitative estimate of drug-likeness (QED) is 0.892. The second kappa shape index (κ2) is 4.43. The molecule has 3 rings (SSSR count). The summed E-state index contributed by atoms with van der Waals surface area (Å²) in [4.78, 5) is 4.53. The molecule has 1 saturated carbocycles. The zero-order valence-corrected chi connectivity index (χ0v) is 11.3. The largest absolute Gasteiger partial charge is 0.371 e. The number of nitriles is 1. The minimum atomic E-state index is -0.691. The van der Waals surface area contributed by atoms with E-state index in [0.29, 0.717) is 12.5 Å². The molecule has 19 heavy (non-hydrogen) atoms. The smallest absolute Gasteiger partial charge is 0.124 e. The van der Waals surface area contributed by atoms with E-state index < -0.39 is 5.54 Å². The van der Waals surface area contributed by atoms with Gasteiger partial charge in [-0.1, -0.05) is 12.1 Å². The van der Waals surface area contributed by atoms with E-state index in [1.807, 2.05) is 6.07 Å². The van der Waals surface area contributed by atoms with Crippen molar-refractivity contribution in [2.45, 2.75) is 18.4 Å². The fourth-order valence-electron chi connectivity index (χ4n) is 2.90. The van der Waals surface area contributed by atoms with Gasteiger partial charge in [-0.2, -0.15) is 5.26 Å². The summed E-state index contributed by atoms with van der Waals surface area (Å²) in [5, 5.41) is 9.41. The maximum Gasteiger partial charge on any atom is 0.124 e. The Balaban J connectivity index is 1.87. The first-order chi connectivity index (χ1) is 9.14. The molecule has 1 fully saturated rings. The van der Waals surface area contributed by atoms with Crippen LogP contribution in [0.3, 0.4) is 0 Å². The lowest BCUT2D eigenvalue weighted by Crippen LogP contribution is -2.53.